The Bertz CT molecular complexity index is 847. The largest absolute Gasteiger partial charge is 0.486 e. The molecule has 0 aliphatic carbocycles. The summed E-state index contributed by atoms with van der Waals surface area (Å²) in [5, 5.41) is 6.95. The van der Waals surface area contributed by atoms with Crippen molar-refractivity contribution in [1.29, 1.82) is 0 Å². The van der Waals surface area contributed by atoms with Gasteiger partial charge in [-0.25, -0.2) is 0 Å². The van der Waals surface area contributed by atoms with Gasteiger partial charge in [-0.1, -0.05) is 6.07 Å². The Morgan fingerprint density at radius 1 is 1.27 bits per heavy atom. The summed E-state index contributed by atoms with van der Waals surface area (Å²) in [5.41, 5.74) is 1.38. The van der Waals surface area contributed by atoms with E-state index in [4.69, 9.17) is 9.47 Å². The molecule has 0 unspecified atom stereocenters. The van der Waals surface area contributed by atoms with Gasteiger partial charge < -0.3 is 19.7 Å². The average Bonchev–Trinajstić information content (AvgIpc) is 3.15. The molecular weight excluding hydrogens is 336 g/mol. The van der Waals surface area contributed by atoms with Gasteiger partial charge in [-0.3, -0.25) is 14.3 Å². The quantitative estimate of drug-likeness (QED) is 0.886. The number of nitrogens with zero attached hydrogens (tertiary/aromatic N) is 3. The van der Waals surface area contributed by atoms with Gasteiger partial charge in [0, 0.05) is 19.8 Å². The molecule has 4 rings (SSSR count). The molecule has 2 aliphatic heterocycles. The maximum Gasteiger partial charge on any atom is 0.258 e. The van der Waals surface area contributed by atoms with Crippen molar-refractivity contribution in [3.63, 3.8) is 0 Å². The summed E-state index contributed by atoms with van der Waals surface area (Å²) in [5.74, 6) is 0.859. The average molecular weight is 356 g/mol. The van der Waals surface area contributed by atoms with Crippen LogP contribution in [0.25, 0.3) is 0 Å². The second-order valence-electron chi connectivity index (χ2n) is 6.31. The van der Waals surface area contributed by atoms with Crippen LogP contribution in [0.1, 0.15) is 28.5 Å². The predicted octanol–water partition coefficient (Wildman–Crippen LogP) is 0.987. The third kappa shape index (κ3) is 2.87. The standard InChI is InChI=1S/C18H20N4O4/c1-19-16(23)9-13-11-21(10-12-5-6-20-22(12)13)18(24)14-3-2-4-15-17(14)26-8-7-25-15/h2-6,13H,7-11H2,1H3,(H,19,23)/t13-/m1/s1. The summed E-state index contributed by atoms with van der Waals surface area (Å²) in [6.07, 6.45) is 1.96. The van der Waals surface area contributed by atoms with Crippen LogP contribution in [0.15, 0.2) is 30.5 Å². The monoisotopic (exact) mass is 356 g/mol. The van der Waals surface area contributed by atoms with E-state index in [0.717, 1.165) is 5.69 Å². The summed E-state index contributed by atoms with van der Waals surface area (Å²) in [4.78, 5) is 26.8. The van der Waals surface area contributed by atoms with Gasteiger partial charge in [0.1, 0.15) is 13.2 Å². The molecule has 0 fully saturated rings. The van der Waals surface area contributed by atoms with Crippen LogP contribution in [0.2, 0.25) is 0 Å². The smallest absolute Gasteiger partial charge is 0.258 e. The highest BCUT2D eigenvalue weighted by Gasteiger charge is 2.32. The van der Waals surface area contributed by atoms with Crippen molar-refractivity contribution in [2.24, 2.45) is 0 Å². The van der Waals surface area contributed by atoms with Crippen molar-refractivity contribution in [2.45, 2.75) is 19.0 Å². The van der Waals surface area contributed by atoms with Crippen LogP contribution >= 0.6 is 0 Å². The summed E-state index contributed by atoms with van der Waals surface area (Å²) in [6, 6.07) is 7.00. The molecule has 8 nitrogen and oxygen atoms in total. The Morgan fingerprint density at radius 2 is 2.12 bits per heavy atom. The van der Waals surface area contributed by atoms with Gasteiger partial charge in [-0.15, -0.1) is 0 Å². The molecule has 26 heavy (non-hydrogen) atoms. The van der Waals surface area contributed by atoms with Gasteiger partial charge in [-0.2, -0.15) is 5.10 Å². The lowest BCUT2D eigenvalue weighted by Gasteiger charge is -2.34. The Morgan fingerprint density at radius 3 is 2.96 bits per heavy atom. The zero-order valence-electron chi connectivity index (χ0n) is 14.5. The first kappa shape index (κ1) is 16.4. The summed E-state index contributed by atoms with van der Waals surface area (Å²) < 4.78 is 13.1. The van der Waals surface area contributed by atoms with Crippen molar-refractivity contribution in [2.75, 3.05) is 26.8 Å². The van der Waals surface area contributed by atoms with E-state index in [2.05, 4.69) is 10.4 Å². The van der Waals surface area contributed by atoms with Crippen LogP contribution in [0, 0.1) is 0 Å². The number of benzene rings is 1. The summed E-state index contributed by atoms with van der Waals surface area (Å²) >= 11 is 0. The van der Waals surface area contributed by atoms with Crippen molar-refractivity contribution >= 4 is 11.8 Å². The molecule has 2 amide bonds. The van der Waals surface area contributed by atoms with Gasteiger partial charge in [0.05, 0.1) is 30.3 Å². The molecule has 0 spiro atoms. The van der Waals surface area contributed by atoms with Crippen molar-refractivity contribution < 1.29 is 19.1 Å². The van der Waals surface area contributed by atoms with Gasteiger partial charge >= 0.3 is 0 Å². The highest BCUT2D eigenvalue weighted by Crippen LogP contribution is 2.35. The fourth-order valence-electron chi connectivity index (χ4n) is 3.42. The maximum atomic E-state index is 13.2. The molecule has 3 heterocycles. The minimum atomic E-state index is -0.200. The van der Waals surface area contributed by atoms with E-state index < -0.39 is 0 Å². The third-order valence-corrected chi connectivity index (χ3v) is 4.67. The number of carbonyl (C=O) groups is 2. The van der Waals surface area contributed by atoms with Crippen LogP contribution in [0.5, 0.6) is 11.5 Å². The zero-order valence-corrected chi connectivity index (χ0v) is 14.5. The van der Waals surface area contributed by atoms with E-state index in [9.17, 15) is 9.59 Å². The van der Waals surface area contributed by atoms with E-state index in [1.54, 1.807) is 36.3 Å². The fourth-order valence-corrected chi connectivity index (χ4v) is 3.42. The summed E-state index contributed by atoms with van der Waals surface area (Å²) in [7, 11) is 1.60. The molecular formula is C18H20N4O4. The Labute approximate surface area is 150 Å². The highest BCUT2D eigenvalue weighted by molar-refractivity contribution is 5.98. The first-order chi connectivity index (χ1) is 12.7. The number of para-hydroxylation sites is 1. The molecule has 0 saturated carbocycles. The van der Waals surface area contributed by atoms with E-state index in [1.165, 1.54) is 0 Å². The van der Waals surface area contributed by atoms with Gasteiger partial charge in [0.2, 0.25) is 5.91 Å². The molecule has 0 radical (unpaired) electrons. The highest BCUT2D eigenvalue weighted by atomic mass is 16.6. The zero-order chi connectivity index (χ0) is 18.1. The molecule has 8 heteroatoms. The topological polar surface area (TPSA) is 85.7 Å². The third-order valence-electron chi connectivity index (χ3n) is 4.67. The molecule has 2 aliphatic rings. The Hall–Kier alpha value is -3.03. The Balaban J connectivity index is 1.62. The molecule has 2 aromatic rings. The SMILES string of the molecule is CNC(=O)C[C@@H]1CN(C(=O)c2cccc3c2OCCO3)Cc2ccnn21. The first-order valence-electron chi connectivity index (χ1n) is 8.58. The lowest BCUT2D eigenvalue weighted by molar-refractivity contribution is -0.121. The number of nitrogens with one attached hydrogen (secondary N) is 1. The molecule has 136 valence electrons. The lowest BCUT2D eigenvalue weighted by Crippen LogP contribution is -2.43. The second-order valence-corrected chi connectivity index (χ2v) is 6.31. The number of fused-ring (bicyclic) bond motifs is 2. The van der Waals surface area contributed by atoms with Gasteiger partial charge in [0.15, 0.2) is 11.5 Å². The van der Waals surface area contributed by atoms with Crippen LogP contribution in [-0.2, 0) is 11.3 Å². The molecule has 1 atom stereocenters. The number of hydrogen-bond acceptors (Lipinski definition) is 5. The van der Waals surface area contributed by atoms with Crippen molar-refractivity contribution in [1.82, 2.24) is 20.0 Å². The number of ether oxygens (including phenoxy) is 2. The van der Waals surface area contributed by atoms with Gasteiger partial charge in [-0.05, 0) is 18.2 Å². The molecule has 1 aromatic heterocycles. The predicted molar refractivity (Wildman–Crippen MR) is 92.1 cm³/mol. The summed E-state index contributed by atoms with van der Waals surface area (Å²) in [6.45, 7) is 1.74. The number of rotatable bonds is 3. The van der Waals surface area contributed by atoms with E-state index in [1.807, 2.05) is 10.7 Å². The molecule has 1 aromatic carbocycles. The van der Waals surface area contributed by atoms with Crippen molar-refractivity contribution in [3.8, 4) is 11.5 Å². The number of hydrogen-bond donors (Lipinski definition) is 1. The minimum absolute atomic E-state index is 0.0837. The van der Waals surface area contributed by atoms with Crippen LogP contribution in [0.4, 0.5) is 0 Å². The molecule has 0 saturated heterocycles. The normalized spacial score (nSPS) is 18.2. The van der Waals surface area contributed by atoms with Crippen LogP contribution in [-0.4, -0.2) is 53.3 Å². The van der Waals surface area contributed by atoms with Crippen LogP contribution < -0.4 is 14.8 Å². The van der Waals surface area contributed by atoms with Gasteiger partial charge in [0.25, 0.3) is 5.91 Å². The first-order valence-corrected chi connectivity index (χ1v) is 8.58. The van der Waals surface area contributed by atoms with E-state index in [0.29, 0.717) is 43.4 Å². The number of amides is 2. The van der Waals surface area contributed by atoms with Crippen molar-refractivity contribution in [3.05, 3.63) is 41.7 Å². The molecule has 0 bridgehead atoms. The second kappa shape index (κ2) is 6.70. The number of carbonyl (C=O) groups excluding carboxylic acids is 2. The van der Waals surface area contributed by atoms with Crippen LogP contribution in [0.3, 0.4) is 0 Å². The van der Waals surface area contributed by atoms with E-state index in [-0.39, 0.29) is 24.3 Å². The molecule has 1 N–H and O–H groups in total. The minimum Gasteiger partial charge on any atom is -0.486 e. The van der Waals surface area contributed by atoms with E-state index >= 15 is 0 Å². The maximum absolute atomic E-state index is 13.2. The lowest BCUT2D eigenvalue weighted by atomic mass is 10.1. The number of aromatic nitrogens is 2. The Kier molecular flexibility index (Phi) is 4.24. The fraction of sp³-hybridized carbons (Fsp3) is 0.389.